The number of fused-ring (bicyclic) bond motifs is 2. The fourth-order valence-electron chi connectivity index (χ4n) is 5.58. The average molecular weight is 398 g/mol. The molecule has 0 saturated carbocycles. The molecule has 5 heteroatoms. The minimum atomic E-state index is -0.397. The summed E-state index contributed by atoms with van der Waals surface area (Å²) in [6.07, 6.45) is 7.17. The van der Waals surface area contributed by atoms with Crippen molar-refractivity contribution in [1.29, 1.82) is 0 Å². The first-order chi connectivity index (χ1) is 14.1. The van der Waals surface area contributed by atoms with Crippen molar-refractivity contribution in [1.82, 2.24) is 15.1 Å². The molecule has 4 atom stereocenters. The van der Waals surface area contributed by atoms with Crippen LogP contribution in [0.3, 0.4) is 0 Å². The highest BCUT2D eigenvalue weighted by Crippen LogP contribution is 2.31. The zero-order chi connectivity index (χ0) is 20.4. The Labute approximate surface area is 174 Å². The molecule has 0 aromatic heterocycles. The van der Waals surface area contributed by atoms with Gasteiger partial charge in [-0.25, -0.2) is 0 Å². The molecule has 2 saturated heterocycles. The summed E-state index contributed by atoms with van der Waals surface area (Å²) in [6.45, 7) is 7.89. The van der Waals surface area contributed by atoms with E-state index in [1.165, 1.54) is 45.2 Å². The summed E-state index contributed by atoms with van der Waals surface area (Å²) in [6, 6.07) is 7.97. The Morgan fingerprint density at radius 3 is 2.76 bits per heavy atom. The van der Waals surface area contributed by atoms with Gasteiger partial charge >= 0.3 is 0 Å². The Hall–Kier alpha value is -1.88. The summed E-state index contributed by atoms with van der Waals surface area (Å²) >= 11 is 0. The molecule has 158 valence electrons. The number of carbonyl (C=O) groups excluding carboxylic acids is 2. The summed E-state index contributed by atoms with van der Waals surface area (Å²) in [5, 5.41) is 3.27. The number of hydrogen-bond donors (Lipinski definition) is 1. The van der Waals surface area contributed by atoms with Crippen molar-refractivity contribution in [3.8, 4) is 0 Å². The lowest BCUT2D eigenvalue weighted by molar-refractivity contribution is -0.127. The number of hydrogen-bond acceptors (Lipinski definition) is 3. The number of carbonyl (C=O) groups is 2. The predicted molar refractivity (Wildman–Crippen MR) is 115 cm³/mol. The van der Waals surface area contributed by atoms with E-state index in [1.807, 2.05) is 24.3 Å². The monoisotopic (exact) mass is 397 g/mol. The fraction of sp³-hybridized carbons (Fsp3) is 0.667. The third-order valence-corrected chi connectivity index (χ3v) is 7.40. The molecule has 0 bridgehead atoms. The molecule has 29 heavy (non-hydrogen) atoms. The second-order valence-electron chi connectivity index (χ2n) is 9.17. The lowest BCUT2D eigenvalue weighted by atomic mass is 9.83. The normalized spacial score (nSPS) is 26.6. The Morgan fingerprint density at radius 1 is 1.17 bits per heavy atom. The number of piperidine rings is 2. The van der Waals surface area contributed by atoms with Gasteiger partial charge in [0.2, 0.25) is 5.91 Å². The summed E-state index contributed by atoms with van der Waals surface area (Å²) in [5.74, 6) is 0.688. The van der Waals surface area contributed by atoms with Crippen LogP contribution in [-0.2, 0) is 11.3 Å². The molecule has 3 aliphatic rings. The molecular formula is C24H35N3O2. The molecule has 0 radical (unpaired) electrons. The van der Waals surface area contributed by atoms with Gasteiger partial charge in [-0.2, -0.15) is 0 Å². The van der Waals surface area contributed by atoms with E-state index in [4.69, 9.17) is 0 Å². The van der Waals surface area contributed by atoms with Crippen LogP contribution in [0.2, 0.25) is 0 Å². The molecule has 2 fully saturated rings. The number of nitrogens with zero attached hydrogens (tertiary/aromatic N) is 2. The van der Waals surface area contributed by atoms with Crippen LogP contribution in [0.15, 0.2) is 24.3 Å². The lowest BCUT2D eigenvalue weighted by Gasteiger charge is -2.44. The average Bonchev–Trinajstić information content (AvgIpc) is 3.08. The van der Waals surface area contributed by atoms with Crippen LogP contribution >= 0.6 is 0 Å². The van der Waals surface area contributed by atoms with Crippen LogP contribution in [0.5, 0.6) is 0 Å². The van der Waals surface area contributed by atoms with E-state index in [2.05, 4.69) is 24.1 Å². The zero-order valence-electron chi connectivity index (χ0n) is 17.9. The van der Waals surface area contributed by atoms with Crippen molar-refractivity contribution in [3.05, 3.63) is 35.4 Å². The Balaban J connectivity index is 1.44. The topological polar surface area (TPSA) is 52.7 Å². The highest BCUT2D eigenvalue weighted by atomic mass is 16.2. The van der Waals surface area contributed by atoms with Crippen LogP contribution < -0.4 is 5.32 Å². The molecule has 4 rings (SSSR count). The quantitative estimate of drug-likeness (QED) is 0.800. The smallest absolute Gasteiger partial charge is 0.255 e. The number of amides is 2. The van der Waals surface area contributed by atoms with E-state index >= 15 is 0 Å². The summed E-state index contributed by atoms with van der Waals surface area (Å²) in [4.78, 5) is 30.7. The van der Waals surface area contributed by atoms with Crippen molar-refractivity contribution < 1.29 is 9.59 Å². The molecule has 1 aromatic rings. The first-order valence-electron chi connectivity index (χ1n) is 11.5. The van der Waals surface area contributed by atoms with Crippen LogP contribution in [-0.4, -0.2) is 53.3 Å². The van der Waals surface area contributed by atoms with E-state index in [0.717, 1.165) is 24.1 Å². The predicted octanol–water partition coefficient (Wildman–Crippen LogP) is 3.44. The van der Waals surface area contributed by atoms with Crippen molar-refractivity contribution in [2.75, 3.05) is 19.6 Å². The maximum Gasteiger partial charge on any atom is 0.255 e. The second-order valence-corrected chi connectivity index (χ2v) is 9.17. The van der Waals surface area contributed by atoms with Gasteiger partial charge in [-0.1, -0.05) is 44.9 Å². The summed E-state index contributed by atoms with van der Waals surface area (Å²) < 4.78 is 0. The van der Waals surface area contributed by atoms with Gasteiger partial charge < -0.3 is 15.1 Å². The van der Waals surface area contributed by atoms with Gasteiger partial charge in [0.25, 0.3) is 5.91 Å². The van der Waals surface area contributed by atoms with E-state index in [-0.39, 0.29) is 17.7 Å². The molecule has 3 heterocycles. The standard InChI is InChI=1S/C24H35N3O2/c1-3-17(2)22(27-16-19-9-4-5-11-20(19)24(27)29)23(28)25-15-18-10-8-14-26-13-7-6-12-21(18)26/h4-5,9,11,17-18,21-22H,3,6-8,10,12-16H2,1-2H3,(H,25,28)/t17-,18-,21+,22+/m0/s1. The van der Waals surface area contributed by atoms with Crippen molar-refractivity contribution in [2.45, 2.75) is 71.0 Å². The third-order valence-electron chi connectivity index (χ3n) is 7.40. The SMILES string of the molecule is CC[C@H](C)[C@H](C(=O)NC[C@@H]1CCCN2CCCC[C@H]12)N1Cc2ccccc2C1=O. The molecule has 0 spiro atoms. The molecule has 5 nitrogen and oxygen atoms in total. The molecule has 1 aromatic carbocycles. The summed E-state index contributed by atoms with van der Waals surface area (Å²) in [7, 11) is 0. The molecule has 2 amide bonds. The second kappa shape index (κ2) is 8.86. The highest BCUT2D eigenvalue weighted by molar-refractivity contribution is 6.01. The Bertz CT molecular complexity index is 747. The molecule has 1 N–H and O–H groups in total. The maximum absolute atomic E-state index is 13.3. The van der Waals surface area contributed by atoms with Crippen molar-refractivity contribution in [3.63, 3.8) is 0 Å². The fourth-order valence-corrected chi connectivity index (χ4v) is 5.58. The zero-order valence-corrected chi connectivity index (χ0v) is 17.9. The Morgan fingerprint density at radius 2 is 1.97 bits per heavy atom. The van der Waals surface area contributed by atoms with Crippen LogP contribution in [0.4, 0.5) is 0 Å². The van der Waals surface area contributed by atoms with Crippen LogP contribution in [0.1, 0.15) is 68.3 Å². The van der Waals surface area contributed by atoms with E-state index in [9.17, 15) is 9.59 Å². The van der Waals surface area contributed by atoms with Gasteiger partial charge in [-0.3, -0.25) is 9.59 Å². The van der Waals surface area contributed by atoms with Gasteiger partial charge in [-0.15, -0.1) is 0 Å². The first kappa shape index (κ1) is 20.4. The Kier molecular flexibility index (Phi) is 6.23. The largest absolute Gasteiger partial charge is 0.354 e. The molecule has 3 aliphatic heterocycles. The van der Waals surface area contributed by atoms with E-state index in [0.29, 0.717) is 18.5 Å². The first-order valence-corrected chi connectivity index (χ1v) is 11.5. The minimum Gasteiger partial charge on any atom is -0.354 e. The van der Waals surface area contributed by atoms with Crippen LogP contribution in [0, 0.1) is 11.8 Å². The van der Waals surface area contributed by atoms with Gasteiger partial charge in [0.05, 0.1) is 0 Å². The minimum absolute atomic E-state index is 0.00262. The lowest BCUT2D eigenvalue weighted by Crippen LogP contribution is -2.54. The third kappa shape index (κ3) is 4.07. The maximum atomic E-state index is 13.3. The van der Waals surface area contributed by atoms with Crippen molar-refractivity contribution >= 4 is 11.8 Å². The van der Waals surface area contributed by atoms with Crippen molar-refractivity contribution in [2.24, 2.45) is 11.8 Å². The van der Waals surface area contributed by atoms with Gasteiger partial charge in [0, 0.05) is 24.7 Å². The molecule has 0 unspecified atom stereocenters. The number of nitrogens with one attached hydrogen (secondary N) is 1. The van der Waals surface area contributed by atoms with Crippen LogP contribution in [0.25, 0.3) is 0 Å². The highest BCUT2D eigenvalue weighted by Gasteiger charge is 2.39. The summed E-state index contributed by atoms with van der Waals surface area (Å²) in [5.41, 5.74) is 1.78. The van der Waals surface area contributed by atoms with Gasteiger partial charge in [0.1, 0.15) is 6.04 Å². The molecule has 0 aliphatic carbocycles. The van der Waals surface area contributed by atoms with E-state index < -0.39 is 6.04 Å². The number of benzene rings is 1. The van der Waals surface area contributed by atoms with Gasteiger partial charge in [-0.05, 0) is 62.2 Å². The number of rotatable bonds is 6. The van der Waals surface area contributed by atoms with E-state index in [1.54, 1.807) is 4.90 Å². The molecular weight excluding hydrogens is 362 g/mol. The van der Waals surface area contributed by atoms with Gasteiger partial charge in [0.15, 0.2) is 0 Å².